The molecule has 1 aromatic heterocycles. The highest BCUT2D eigenvalue weighted by atomic mass is 16.5. The Hall–Kier alpha value is -2.30. The van der Waals surface area contributed by atoms with Gasteiger partial charge in [-0.1, -0.05) is 0 Å². The van der Waals surface area contributed by atoms with E-state index < -0.39 is 5.97 Å². The lowest BCUT2D eigenvalue weighted by Gasteiger charge is -2.07. The summed E-state index contributed by atoms with van der Waals surface area (Å²) in [6.45, 7) is 0. The quantitative estimate of drug-likeness (QED) is 0.796. The SMILES string of the molecule is COC(=O)c1cc(N)nc2ccc(OC)cc12. The van der Waals surface area contributed by atoms with E-state index in [9.17, 15) is 4.79 Å². The first-order chi connectivity index (χ1) is 8.15. The van der Waals surface area contributed by atoms with E-state index in [1.165, 1.54) is 13.2 Å². The molecule has 5 heteroatoms. The molecule has 5 nitrogen and oxygen atoms in total. The van der Waals surface area contributed by atoms with Crippen LogP contribution in [0.4, 0.5) is 5.82 Å². The molecule has 0 saturated heterocycles. The highest BCUT2D eigenvalue weighted by Crippen LogP contribution is 2.24. The lowest BCUT2D eigenvalue weighted by molar-refractivity contribution is 0.0603. The number of anilines is 1. The van der Waals surface area contributed by atoms with Crippen molar-refractivity contribution < 1.29 is 14.3 Å². The molecule has 0 saturated carbocycles. The molecule has 17 heavy (non-hydrogen) atoms. The summed E-state index contributed by atoms with van der Waals surface area (Å²) >= 11 is 0. The molecule has 1 heterocycles. The Labute approximate surface area is 98.2 Å². The Morgan fingerprint density at radius 2 is 2.06 bits per heavy atom. The largest absolute Gasteiger partial charge is 0.497 e. The number of ether oxygens (including phenoxy) is 2. The predicted octanol–water partition coefficient (Wildman–Crippen LogP) is 1.61. The van der Waals surface area contributed by atoms with Crippen LogP contribution in [0.3, 0.4) is 0 Å². The number of fused-ring (bicyclic) bond motifs is 1. The van der Waals surface area contributed by atoms with Gasteiger partial charge in [-0.15, -0.1) is 0 Å². The van der Waals surface area contributed by atoms with Crippen LogP contribution in [0.15, 0.2) is 24.3 Å². The smallest absolute Gasteiger partial charge is 0.338 e. The Balaban J connectivity index is 2.74. The molecule has 0 spiro atoms. The van der Waals surface area contributed by atoms with Crippen molar-refractivity contribution in [1.82, 2.24) is 4.98 Å². The van der Waals surface area contributed by atoms with E-state index in [4.69, 9.17) is 15.2 Å². The van der Waals surface area contributed by atoms with Crippen molar-refractivity contribution in [3.05, 3.63) is 29.8 Å². The van der Waals surface area contributed by atoms with Gasteiger partial charge in [-0.2, -0.15) is 0 Å². The Morgan fingerprint density at radius 1 is 1.29 bits per heavy atom. The van der Waals surface area contributed by atoms with Gasteiger partial charge in [0.15, 0.2) is 0 Å². The zero-order valence-corrected chi connectivity index (χ0v) is 9.56. The first-order valence-corrected chi connectivity index (χ1v) is 4.98. The predicted molar refractivity (Wildman–Crippen MR) is 64.0 cm³/mol. The van der Waals surface area contributed by atoms with Crippen molar-refractivity contribution >= 4 is 22.7 Å². The van der Waals surface area contributed by atoms with E-state index in [0.29, 0.717) is 22.2 Å². The van der Waals surface area contributed by atoms with Crippen LogP contribution in [0.1, 0.15) is 10.4 Å². The normalized spacial score (nSPS) is 10.2. The maximum Gasteiger partial charge on any atom is 0.338 e. The van der Waals surface area contributed by atoms with Crippen molar-refractivity contribution in [3.8, 4) is 5.75 Å². The minimum Gasteiger partial charge on any atom is -0.497 e. The number of rotatable bonds is 2. The van der Waals surface area contributed by atoms with Gasteiger partial charge in [0.25, 0.3) is 0 Å². The number of benzene rings is 1. The van der Waals surface area contributed by atoms with Gasteiger partial charge < -0.3 is 15.2 Å². The molecule has 0 bridgehead atoms. The number of methoxy groups -OCH3 is 2. The Morgan fingerprint density at radius 3 is 2.71 bits per heavy atom. The molecule has 0 atom stereocenters. The number of carbonyl (C=O) groups is 1. The molecular formula is C12H12N2O3. The summed E-state index contributed by atoms with van der Waals surface area (Å²) < 4.78 is 9.82. The average molecular weight is 232 g/mol. The molecule has 0 aliphatic heterocycles. The van der Waals surface area contributed by atoms with Crippen molar-refractivity contribution in [1.29, 1.82) is 0 Å². The number of hydrogen-bond acceptors (Lipinski definition) is 5. The van der Waals surface area contributed by atoms with Crippen LogP contribution in [0, 0.1) is 0 Å². The monoisotopic (exact) mass is 232 g/mol. The van der Waals surface area contributed by atoms with Crippen molar-refractivity contribution in [2.45, 2.75) is 0 Å². The van der Waals surface area contributed by atoms with E-state index in [2.05, 4.69) is 4.98 Å². The summed E-state index contributed by atoms with van der Waals surface area (Å²) in [5, 5.41) is 0.658. The average Bonchev–Trinajstić information content (AvgIpc) is 2.36. The molecule has 0 aliphatic rings. The lowest BCUT2D eigenvalue weighted by Crippen LogP contribution is -2.05. The zero-order valence-electron chi connectivity index (χ0n) is 9.56. The third kappa shape index (κ3) is 1.99. The summed E-state index contributed by atoms with van der Waals surface area (Å²) in [7, 11) is 2.88. The Bertz CT molecular complexity index is 581. The third-order valence-corrected chi connectivity index (χ3v) is 2.44. The first-order valence-electron chi connectivity index (χ1n) is 4.98. The molecule has 0 unspecified atom stereocenters. The van der Waals surface area contributed by atoms with E-state index in [1.807, 2.05) is 0 Å². The second-order valence-electron chi connectivity index (χ2n) is 3.47. The molecular weight excluding hydrogens is 220 g/mol. The topological polar surface area (TPSA) is 74.4 Å². The third-order valence-electron chi connectivity index (χ3n) is 2.44. The van der Waals surface area contributed by atoms with Gasteiger partial charge in [-0.05, 0) is 24.3 Å². The van der Waals surface area contributed by atoms with Crippen molar-refractivity contribution in [3.63, 3.8) is 0 Å². The fourth-order valence-corrected chi connectivity index (χ4v) is 1.63. The molecule has 0 radical (unpaired) electrons. The molecule has 2 N–H and O–H groups in total. The van der Waals surface area contributed by atoms with E-state index in [0.717, 1.165) is 0 Å². The summed E-state index contributed by atoms with van der Waals surface area (Å²) in [4.78, 5) is 15.8. The first kappa shape index (κ1) is 11.2. The number of pyridine rings is 1. The summed E-state index contributed by atoms with van der Waals surface area (Å²) in [6.07, 6.45) is 0. The van der Waals surface area contributed by atoms with E-state index in [-0.39, 0.29) is 5.82 Å². The zero-order chi connectivity index (χ0) is 12.4. The number of esters is 1. The molecule has 0 fully saturated rings. The molecule has 0 amide bonds. The number of carbonyl (C=O) groups excluding carboxylic acids is 1. The minimum atomic E-state index is -0.447. The molecule has 2 aromatic rings. The van der Waals surface area contributed by atoms with Crippen LogP contribution in [0.2, 0.25) is 0 Å². The van der Waals surface area contributed by atoms with E-state index >= 15 is 0 Å². The second kappa shape index (κ2) is 4.29. The highest BCUT2D eigenvalue weighted by molar-refractivity contribution is 6.04. The van der Waals surface area contributed by atoms with Crippen LogP contribution in [0.5, 0.6) is 5.75 Å². The maximum absolute atomic E-state index is 11.6. The number of nitrogens with two attached hydrogens (primary N) is 1. The second-order valence-corrected chi connectivity index (χ2v) is 3.47. The van der Waals surface area contributed by atoms with Crippen molar-refractivity contribution in [2.24, 2.45) is 0 Å². The number of aromatic nitrogens is 1. The summed E-state index contributed by atoms with van der Waals surface area (Å²) in [6, 6.07) is 6.73. The highest BCUT2D eigenvalue weighted by Gasteiger charge is 2.13. The number of hydrogen-bond donors (Lipinski definition) is 1. The molecule has 2 rings (SSSR count). The lowest BCUT2D eigenvalue weighted by atomic mass is 10.1. The van der Waals surface area contributed by atoms with Gasteiger partial charge in [-0.25, -0.2) is 9.78 Å². The van der Waals surface area contributed by atoms with Gasteiger partial charge in [0.05, 0.1) is 25.3 Å². The van der Waals surface area contributed by atoms with Crippen LogP contribution in [-0.2, 0) is 4.74 Å². The summed E-state index contributed by atoms with van der Waals surface area (Å²) in [5.74, 6) is 0.481. The van der Waals surface area contributed by atoms with Crippen LogP contribution < -0.4 is 10.5 Å². The van der Waals surface area contributed by atoms with Gasteiger partial charge in [0, 0.05) is 5.39 Å². The standard InChI is InChI=1S/C12H12N2O3/c1-16-7-3-4-10-8(5-7)9(12(15)17-2)6-11(13)14-10/h3-6H,1-2H3,(H2,13,14). The van der Waals surface area contributed by atoms with Crippen molar-refractivity contribution in [2.75, 3.05) is 20.0 Å². The van der Waals surface area contributed by atoms with Crippen LogP contribution >= 0.6 is 0 Å². The Kier molecular flexibility index (Phi) is 2.82. The van der Waals surface area contributed by atoms with E-state index in [1.54, 1.807) is 25.3 Å². The van der Waals surface area contributed by atoms with Gasteiger partial charge in [0.2, 0.25) is 0 Å². The fraction of sp³-hybridized carbons (Fsp3) is 0.167. The van der Waals surface area contributed by atoms with Gasteiger partial charge >= 0.3 is 5.97 Å². The minimum absolute atomic E-state index is 0.281. The number of nitrogens with zero attached hydrogens (tertiary/aromatic N) is 1. The van der Waals surface area contributed by atoms with Crippen LogP contribution in [-0.4, -0.2) is 25.2 Å². The molecule has 0 aliphatic carbocycles. The van der Waals surface area contributed by atoms with Crippen LogP contribution in [0.25, 0.3) is 10.9 Å². The van der Waals surface area contributed by atoms with Gasteiger partial charge in [0.1, 0.15) is 11.6 Å². The molecule has 1 aromatic carbocycles. The maximum atomic E-state index is 11.6. The van der Waals surface area contributed by atoms with Gasteiger partial charge in [-0.3, -0.25) is 0 Å². The fourth-order valence-electron chi connectivity index (χ4n) is 1.63. The number of nitrogen functional groups attached to an aromatic ring is 1. The summed E-state index contributed by atoms with van der Waals surface area (Å²) in [5.41, 5.74) is 6.65. The molecule has 88 valence electrons.